The maximum atomic E-state index is 13.7. The molecule has 1 aromatic carbocycles. The highest BCUT2D eigenvalue weighted by Crippen LogP contribution is 2.23. The summed E-state index contributed by atoms with van der Waals surface area (Å²) >= 11 is 0. The normalized spacial score (nSPS) is 22.7. The van der Waals surface area contributed by atoms with E-state index in [2.05, 4.69) is 4.74 Å². The van der Waals surface area contributed by atoms with Gasteiger partial charge in [0.25, 0.3) is 0 Å². The predicted molar refractivity (Wildman–Crippen MR) is 77.7 cm³/mol. The highest BCUT2D eigenvalue weighted by atomic mass is 32.2. The van der Waals surface area contributed by atoms with Gasteiger partial charge >= 0.3 is 5.97 Å². The first-order valence-electron chi connectivity index (χ1n) is 6.70. The van der Waals surface area contributed by atoms with Gasteiger partial charge in [-0.1, -0.05) is 18.2 Å². The lowest BCUT2D eigenvalue weighted by Gasteiger charge is -2.16. The first-order valence-corrected chi connectivity index (χ1v) is 8.31. The van der Waals surface area contributed by atoms with Crippen molar-refractivity contribution in [3.05, 3.63) is 35.4 Å². The Labute approximate surface area is 128 Å². The van der Waals surface area contributed by atoms with Gasteiger partial charge in [-0.2, -0.15) is 4.31 Å². The number of esters is 1. The molecule has 1 saturated heterocycles. The second-order valence-electron chi connectivity index (χ2n) is 5.01. The standard InChI is InChI=1S/C14H18FNO5S/c1-20-13-8-16(7-12(13)15)22(18,19)9-10-5-3-4-6-11(10)14(17)21-2/h3-6,12-13H,7-9H2,1-2H3/t12-,13-/m1/s1. The number of hydrogen-bond donors (Lipinski definition) is 0. The second kappa shape index (κ2) is 6.72. The van der Waals surface area contributed by atoms with Crippen molar-refractivity contribution in [2.24, 2.45) is 0 Å². The summed E-state index contributed by atoms with van der Waals surface area (Å²) in [5, 5.41) is 0. The predicted octanol–water partition coefficient (Wildman–Crippen LogP) is 0.972. The molecule has 0 radical (unpaired) electrons. The minimum absolute atomic E-state index is 0.0274. The molecule has 0 saturated carbocycles. The van der Waals surface area contributed by atoms with Crippen LogP contribution in [0.25, 0.3) is 0 Å². The molecule has 122 valence electrons. The number of hydrogen-bond acceptors (Lipinski definition) is 5. The molecule has 2 rings (SSSR count). The number of alkyl halides is 1. The van der Waals surface area contributed by atoms with Crippen LogP contribution >= 0.6 is 0 Å². The van der Waals surface area contributed by atoms with Gasteiger partial charge in [0.2, 0.25) is 10.0 Å². The highest BCUT2D eigenvalue weighted by Gasteiger charge is 2.39. The summed E-state index contributed by atoms with van der Waals surface area (Å²) in [4.78, 5) is 11.7. The van der Waals surface area contributed by atoms with Crippen LogP contribution < -0.4 is 0 Å². The summed E-state index contributed by atoms with van der Waals surface area (Å²) in [6.45, 7) is -0.262. The van der Waals surface area contributed by atoms with Crippen molar-refractivity contribution in [3.63, 3.8) is 0 Å². The van der Waals surface area contributed by atoms with Crippen molar-refractivity contribution in [3.8, 4) is 0 Å². The molecule has 0 spiro atoms. The molecule has 1 aliphatic rings. The lowest BCUT2D eigenvalue weighted by atomic mass is 10.1. The second-order valence-corrected chi connectivity index (χ2v) is 6.98. The molecule has 1 fully saturated rings. The van der Waals surface area contributed by atoms with E-state index in [1.165, 1.54) is 20.3 Å². The van der Waals surface area contributed by atoms with Crippen molar-refractivity contribution >= 4 is 16.0 Å². The Morgan fingerprint density at radius 1 is 1.32 bits per heavy atom. The Hall–Kier alpha value is -1.51. The molecule has 0 amide bonds. The average Bonchev–Trinajstić information content (AvgIpc) is 2.88. The molecule has 1 heterocycles. The lowest BCUT2D eigenvalue weighted by molar-refractivity contribution is 0.0600. The molecule has 8 heteroatoms. The van der Waals surface area contributed by atoms with E-state index >= 15 is 0 Å². The first kappa shape index (κ1) is 16.9. The Morgan fingerprint density at radius 3 is 2.59 bits per heavy atom. The van der Waals surface area contributed by atoms with Crippen molar-refractivity contribution in [2.45, 2.75) is 18.0 Å². The quantitative estimate of drug-likeness (QED) is 0.752. The first-order chi connectivity index (χ1) is 10.4. The number of halogens is 1. The molecule has 6 nitrogen and oxygen atoms in total. The molecular formula is C14H18FNO5S. The van der Waals surface area contributed by atoms with Crippen LogP contribution in [0.15, 0.2) is 24.3 Å². The topological polar surface area (TPSA) is 72.9 Å². The monoisotopic (exact) mass is 331 g/mol. The van der Waals surface area contributed by atoms with Gasteiger partial charge in [-0.3, -0.25) is 0 Å². The zero-order valence-corrected chi connectivity index (χ0v) is 13.2. The third-order valence-corrected chi connectivity index (χ3v) is 5.38. The Bertz CT molecular complexity index is 648. The summed E-state index contributed by atoms with van der Waals surface area (Å²) in [5.74, 6) is -0.994. The van der Waals surface area contributed by atoms with Crippen LogP contribution in [0.1, 0.15) is 15.9 Å². The van der Waals surface area contributed by atoms with Crippen LogP contribution in [0.3, 0.4) is 0 Å². The molecule has 0 bridgehead atoms. The number of sulfonamides is 1. The van der Waals surface area contributed by atoms with Gasteiger partial charge in [0, 0.05) is 20.2 Å². The number of methoxy groups -OCH3 is 2. The molecule has 1 aliphatic heterocycles. The van der Waals surface area contributed by atoms with E-state index in [0.717, 1.165) is 4.31 Å². The van der Waals surface area contributed by atoms with Crippen molar-refractivity contribution in [1.82, 2.24) is 4.31 Å². The molecular weight excluding hydrogens is 313 g/mol. The molecule has 0 N–H and O–H groups in total. The van der Waals surface area contributed by atoms with Crippen LogP contribution in [0.4, 0.5) is 4.39 Å². The number of carbonyl (C=O) groups is 1. The Morgan fingerprint density at radius 2 is 2.00 bits per heavy atom. The highest BCUT2D eigenvalue weighted by molar-refractivity contribution is 7.88. The summed E-state index contributed by atoms with van der Waals surface area (Å²) in [6, 6.07) is 6.30. The van der Waals surface area contributed by atoms with Gasteiger partial charge in [0.15, 0.2) is 0 Å². The maximum absolute atomic E-state index is 13.7. The number of ether oxygens (including phenoxy) is 2. The number of nitrogens with zero attached hydrogens (tertiary/aromatic N) is 1. The van der Waals surface area contributed by atoms with Crippen molar-refractivity contribution in [2.75, 3.05) is 27.3 Å². The van der Waals surface area contributed by atoms with Gasteiger partial charge in [0.05, 0.1) is 18.4 Å². The Balaban J connectivity index is 2.22. The number of carbonyl (C=O) groups excluding carboxylic acids is 1. The van der Waals surface area contributed by atoms with E-state index in [4.69, 9.17) is 4.74 Å². The van der Waals surface area contributed by atoms with Crippen LogP contribution in [0.5, 0.6) is 0 Å². The fourth-order valence-electron chi connectivity index (χ4n) is 2.39. The lowest BCUT2D eigenvalue weighted by Crippen LogP contribution is -2.31. The molecule has 22 heavy (non-hydrogen) atoms. The smallest absolute Gasteiger partial charge is 0.338 e. The fourth-order valence-corrected chi connectivity index (χ4v) is 3.97. The number of rotatable bonds is 5. The van der Waals surface area contributed by atoms with Crippen LogP contribution in [0, 0.1) is 0 Å². The molecule has 1 aromatic rings. The molecule has 0 aromatic heterocycles. The van der Waals surface area contributed by atoms with Gasteiger partial charge in [-0.05, 0) is 11.6 Å². The average molecular weight is 331 g/mol. The van der Waals surface area contributed by atoms with Gasteiger partial charge in [-0.15, -0.1) is 0 Å². The molecule has 0 aliphatic carbocycles. The SMILES string of the molecule is COC(=O)c1ccccc1CS(=O)(=O)N1C[C@@H](F)[C@H](OC)C1. The minimum Gasteiger partial charge on any atom is -0.465 e. The van der Waals surface area contributed by atoms with Crippen molar-refractivity contribution < 1.29 is 27.1 Å². The third-order valence-electron chi connectivity index (χ3n) is 3.62. The largest absolute Gasteiger partial charge is 0.465 e. The zero-order chi connectivity index (χ0) is 16.3. The van der Waals surface area contributed by atoms with E-state index in [1.807, 2.05) is 0 Å². The molecule has 2 atom stereocenters. The zero-order valence-electron chi connectivity index (χ0n) is 12.4. The number of benzene rings is 1. The van der Waals surface area contributed by atoms with Gasteiger partial charge < -0.3 is 9.47 Å². The summed E-state index contributed by atoms with van der Waals surface area (Å²) in [5.41, 5.74) is 0.512. The van der Waals surface area contributed by atoms with Crippen molar-refractivity contribution in [1.29, 1.82) is 0 Å². The van der Waals surface area contributed by atoms with E-state index in [1.54, 1.807) is 18.2 Å². The Kier molecular flexibility index (Phi) is 5.15. The summed E-state index contributed by atoms with van der Waals surface area (Å²) in [7, 11) is -1.17. The maximum Gasteiger partial charge on any atom is 0.338 e. The summed E-state index contributed by atoms with van der Waals surface area (Å²) < 4.78 is 49.1. The van der Waals surface area contributed by atoms with E-state index < -0.39 is 28.3 Å². The van der Waals surface area contributed by atoms with Crippen LogP contribution in [-0.2, 0) is 25.2 Å². The van der Waals surface area contributed by atoms with Crippen LogP contribution in [0.2, 0.25) is 0 Å². The van der Waals surface area contributed by atoms with Crippen LogP contribution in [-0.4, -0.2) is 58.3 Å². The fraction of sp³-hybridized carbons (Fsp3) is 0.500. The minimum atomic E-state index is -3.75. The van der Waals surface area contributed by atoms with Gasteiger partial charge in [0.1, 0.15) is 12.3 Å². The summed E-state index contributed by atoms with van der Waals surface area (Å²) in [6.07, 6.45) is -2.11. The third kappa shape index (κ3) is 3.45. The molecule has 0 unspecified atom stereocenters. The van der Waals surface area contributed by atoms with E-state index in [-0.39, 0.29) is 24.4 Å². The van der Waals surface area contributed by atoms with E-state index in [9.17, 15) is 17.6 Å². The van der Waals surface area contributed by atoms with E-state index in [0.29, 0.717) is 5.56 Å². The van der Waals surface area contributed by atoms with Gasteiger partial charge in [-0.25, -0.2) is 17.6 Å².